The van der Waals surface area contributed by atoms with Crippen molar-refractivity contribution < 1.29 is 4.52 Å². The molecule has 0 aromatic carbocycles. The Hall–Kier alpha value is -0.900. The first-order chi connectivity index (χ1) is 9.28. The van der Waals surface area contributed by atoms with Gasteiger partial charge in [0.25, 0.3) is 0 Å². The molecule has 0 spiro atoms. The smallest absolute Gasteiger partial charge is 0.231 e. The maximum absolute atomic E-state index is 5.73. The Morgan fingerprint density at radius 1 is 1.26 bits per heavy atom. The molecule has 0 saturated heterocycles. The highest BCUT2D eigenvalue weighted by Crippen LogP contribution is 2.36. The van der Waals surface area contributed by atoms with E-state index in [0.717, 1.165) is 24.1 Å². The number of hydrogen-bond acceptors (Lipinski definition) is 4. The highest BCUT2D eigenvalue weighted by Gasteiger charge is 2.26. The third-order valence-corrected chi connectivity index (χ3v) is 4.49. The minimum atomic E-state index is 0.220. The van der Waals surface area contributed by atoms with Gasteiger partial charge in [-0.2, -0.15) is 4.98 Å². The molecular formula is C15H27N3O. The molecule has 1 heterocycles. The molecule has 19 heavy (non-hydrogen) atoms. The lowest BCUT2D eigenvalue weighted by atomic mass is 9.80. The van der Waals surface area contributed by atoms with Crippen LogP contribution in [-0.4, -0.2) is 16.7 Å². The van der Waals surface area contributed by atoms with Crippen LogP contribution in [0.1, 0.15) is 82.3 Å². The van der Waals surface area contributed by atoms with Gasteiger partial charge in [-0.3, -0.25) is 0 Å². The van der Waals surface area contributed by atoms with Gasteiger partial charge in [0.1, 0.15) is 0 Å². The highest BCUT2D eigenvalue weighted by atomic mass is 16.5. The predicted octanol–water partition coefficient (Wildman–Crippen LogP) is 3.60. The summed E-state index contributed by atoms with van der Waals surface area (Å²) in [6, 6.07) is 0. The number of rotatable bonds is 6. The van der Waals surface area contributed by atoms with Crippen LogP contribution < -0.4 is 5.73 Å². The van der Waals surface area contributed by atoms with E-state index in [1.54, 1.807) is 0 Å². The molecular weight excluding hydrogens is 238 g/mol. The molecule has 1 saturated carbocycles. The molecule has 1 aromatic rings. The van der Waals surface area contributed by atoms with Gasteiger partial charge >= 0.3 is 0 Å². The lowest BCUT2D eigenvalue weighted by molar-refractivity contribution is 0.293. The van der Waals surface area contributed by atoms with Crippen LogP contribution in [0.3, 0.4) is 0 Å². The molecule has 1 aromatic heterocycles. The summed E-state index contributed by atoms with van der Waals surface area (Å²) in [5.74, 6) is 3.28. The summed E-state index contributed by atoms with van der Waals surface area (Å²) in [7, 11) is 0. The van der Waals surface area contributed by atoms with Gasteiger partial charge in [0.15, 0.2) is 5.82 Å². The van der Waals surface area contributed by atoms with Gasteiger partial charge in [0.05, 0.1) is 5.92 Å². The maximum atomic E-state index is 5.73. The molecule has 2 N–H and O–H groups in total. The van der Waals surface area contributed by atoms with Gasteiger partial charge in [-0.15, -0.1) is 0 Å². The monoisotopic (exact) mass is 265 g/mol. The average Bonchev–Trinajstić information content (AvgIpc) is 2.91. The second kappa shape index (κ2) is 7.04. The number of aromatic nitrogens is 2. The van der Waals surface area contributed by atoms with Crippen molar-refractivity contribution in [2.75, 3.05) is 6.54 Å². The Labute approximate surface area is 116 Å². The van der Waals surface area contributed by atoms with Gasteiger partial charge in [-0.1, -0.05) is 31.8 Å². The van der Waals surface area contributed by atoms with Crippen LogP contribution >= 0.6 is 0 Å². The first-order valence-corrected chi connectivity index (χ1v) is 7.82. The average molecular weight is 265 g/mol. The molecule has 1 unspecified atom stereocenters. The van der Waals surface area contributed by atoms with Gasteiger partial charge < -0.3 is 10.3 Å². The second-order valence-electron chi connectivity index (χ2n) is 5.84. The molecule has 1 atom stereocenters. The lowest BCUT2D eigenvalue weighted by Gasteiger charge is -2.26. The van der Waals surface area contributed by atoms with Crippen LogP contribution in [0.5, 0.6) is 0 Å². The molecule has 1 aliphatic carbocycles. The molecule has 1 fully saturated rings. The fourth-order valence-corrected chi connectivity index (χ4v) is 3.14. The van der Waals surface area contributed by atoms with Crippen molar-refractivity contribution in [3.8, 4) is 0 Å². The SMILES string of the molecule is CCCC1CCC(c2noc(C(CC)CN)n2)CC1. The minimum Gasteiger partial charge on any atom is -0.339 e. The third kappa shape index (κ3) is 3.56. The van der Waals surface area contributed by atoms with E-state index in [0.29, 0.717) is 12.5 Å². The summed E-state index contributed by atoms with van der Waals surface area (Å²) in [4.78, 5) is 4.59. The second-order valence-corrected chi connectivity index (χ2v) is 5.84. The van der Waals surface area contributed by atoms with E-state index in [1.807, 2.05) is 0 Å². The van der Waals surface area contributed by atoms with Crippen LogP contribution in [0.2, 0.25) is 0 Å². The van der Waals surface area contributed by atoms with Crippen LogP contribution in [0.25, 0.3) is 0 Å². The number of hydrogen-bond donors (Lipinski definition) is 1. The molecule has 0 bridgehead atoms. The fourth-order valence-electron chi connectivity index (χ4n) is 3.14. The summed E-state index contributed by atoms with van der Waals surface area (Å²) in [6.45, 7) is 4.97. The third-order valence-electron chi connectivity index (χ3n) is 4.49. The molecule has 108 valence electrons. The topological polar surface area (TPSA) is 64.9 Å². The van der Waals surface area contributed by atoms with E-state index < -0.39 is 0 Å². The van der Waals surface area contributed by atoms with Crippen molar-refractivity contribution in [2.45, 2.75) is 70.6 Å². The van der Waals surface area contributed by atoms with Crippen LogP contribution in [0, 0.1) is 5.92 Å². The van der Waals surface area contributed by atoms with Crippen molar-refractivity contribution in [1.29, 1.82) is 0 Å². The molecule has 2 rings (SSSR count). The molecule has 1 aliphatic rings. The zero-order valence-corrected chi connectivity index (χ0v) is 12.3. The van der Waals surface area contributed by atoms with Gasteiger partial charge in [0.2, 0.25) is 5.89 Å². The Morgan fingerprint density at radius 3 is 2.58 bits per heavy atom. The standard InChI is InChI=1S/C15H27N3O/c1-3-5-11-6-8-13(9-7-11)14-17-15(19-18-14)12(4-2)10-16/h11-13H,3-10,16H2,1-2H3. The Morgan fingerprint density at radius 2 is 2.00 bits per heavy atom. The molecule has 4 heteroatoms. The Kier molecular flexibility index (Phi) is 5.37. The Balaban J connectivity index is 1.93. The van der Waals surface area contributed by atoms with Crippen LogP contribution in [0.4, 0.5) is 0 Å². The van der Waals surface area contributed by atoms with Crippen molar-refractivity contribution >= 4 is 0 Å². The fraction of sp³-hybridized carbons (Fsp3) is 0.867. The molecule has 0 aliphatic heterocycles. The zero-order chi connectivity index (χ0) is 13.7. The first kappa shape index (κ1) is 14.5. The van der Waals surface area contributed by atoms with E-state index in [9.17, 15) is 0 Å². The normalized spacial score (nSPS) is 25.4. The lowest BCUT2D eigenvalue weighted by Crippen LogP contribution is -2.15. The quantitative estimate of drug-likeness (QED) is 0.853. The largest absolute Gasteiger partial charge is 0.339 e. The van der Waals surface area contributed by atoms with Gasteiger partial charge in [-0.05, 0) is 38.0 Å². The van der Waals surface area contributed by atoms with E-state index >= 15 is 0 Å². The van der Waals surface area contributed by atoms with Crippen molar-refractivity contribution in [3.05, 3.63) is 11.7 Å². The summed E-state index contributed by atoms with van der Waals surface area (Å²) in [6.07, 6.45) is 8.69. The first-order valence-electron chi connectivity index (χ1n) is 7.82. The van der Waals surface area contributed by atoms with Crippen molar-refractivity contribution in [2.24, 2.45) is 11.7 Å². The van der Waals surface area contributed by atoms with E-state index in [-0.39, 0.29) is 5.92 Å². The summed E-state index contributed by atoms with van der Waals surface area (Å²) in [5.41, 5.74) is 5.73. The van der Waals surface area contributed by atoms with Crippen LogP contribution in [0.15, 0.2) is 4.52 Å². The Bertz CT molecular complexity index is 365. The zero-order valence-electron chi connectivity index (χ0n) is 12.3. The molecule has 0 amide bonds. The number of nitrogens with two attached hydrogens (primary N) is 1. The minimum absolute atomic E-state index is 0.220. The van der Waals surface area contributed by atoms with Gasteiger partial charge in [-0.25, -0.2) is 0 Å². The van der Waals surface area contributed by atoms with E-state index in [2.05, 4.69) is 24.0 Å². The van der Waals surface area contributed by atoms with E-state index in [4.69, 9.17) is 10.3 Å². The molecule has 0 radical (unpaired) electrons. The van der Waals surface area contributed by atoms with Crippen molar-refractivity contribution in [3.63, 3.8) is 0 Å². The number of nitrogens with zero attached hydrogens (tertiary/aromatic N) is 2. The summed E-state index contributed by atoms with van der Waals surface area (Å²) in [5, 5.41) is 4.19. The van der Waals surface area contributed by atoms with Gasteiger partial charge in [0, 0.05) is 12.5 Å². The van der Waals surface area contributed by atoms with Crippen LogP contribution in [-0.2, 0) is 0 Å². The molecule has 4 nitrogen and oxygen atoms in total. The summed E-state index contributed by atoms with van der Waals surface area (Å²) < 4.78 is 5.40. The summed E-state index contributed by atoms with van der Waals surface area (Å²) >= 11 is 0. The highest BCUT2D eigenvalue weighted by molar-refractivity contribution is 5.01. The maximum Gasteiger partial charge on any atom is 0.231 e. The predicted molar refractivity (Wildman–Crippen MR) is 76.0 cm³/mol. The van der Waals surface area contributed by atoms with E-state index in [1.165, 1.54) is 38.5 Å². The van der Waals surface area contributed by atoms with Crippen molar-refractivity contribution in [1.82, 2.24) is 10.1 Å².